The Morgan fingerprint density at radius 1 is 1.22 bits per heavy atom. The van der Waals surface area contributed by atoms with Crippen LogP contribution in [0.4, 0.5) is 21.7 Å². The summed E-state index contributed by atoms with van der Waals surface area (Å²) in [7, 11) is 1.48. The van der Waals surface area contributed by atoms with Crippen molar-refractivity contribution in [1.29, 1.82) is 0 Å². The summed E-state index contributed by atoms with van der Waals surface area (Å²) in [6.07, 6.45) is 8.21. The minimum absolute atomic E-state index is 0.00436. The molecule has 3 aromatic rings. The maximum absolute atomic E-state index is 14.7. The Balaban J connectivity index is 1.68. The van der Waals surface area contributed by atoms with Crippen molar-refractivity contribution in [2.45, 2.75) is 37.8 Å². The number of ether oxygens (including phenoxy) is 1. The molecule has 0 aliphatic heterocycles. The Hall–Kier alpha value is -3.80. The molecule has 3 heterocycles. The van der Waals surface area contributed by atoms with E-state index >= 15 is 0 Å². The van der Waals surface area contributed by atoms with E-state index < -0.39 is 11.7 Å². The number of hydrogen-bond donors (Lipinski definition) is 4. The number of nitrogens with zero attached hydrogens (tertiary/aromatic N) is 5. The summed E-state index contributed by atoms with van der Waals surface area (Å²) in [6.45, 7) is 0. The van der Waals surface area contributed by atoms with Crippen molar-refractivity contribution in [2.24, 2.45) is 11.5 Å². The van der Waals surface area contributed by atoms with E-state index in [-0.39, 0.29) is 29.3 Å². The van der Waals surface area contributed by atoms with E-state index in [2.05, 4.69) is 30.8 Å². The lowest BCUT2D eigenvalue weighted by Gasteiger charge is -2.30. The zero-order valence-corrected chi connectivity index (χ0v) is 17.5. The minimum atomic E-state index is -0.824. The van der Waals surface area contributed by atoms with Gasteiger partial charge in [0.25, 0.3) is 5.91 Å². The van der Waals surface area contributed by atoms with Crippen LogP contribution in [0.3, 0.4) is 0 Å². The number of pyridine rings is 2. The van der Waals surface area contributed by atoms with Crippen LogP contribution in [-0.2, 0) is 0 Å². The molecule has 0 spiro atoms. The number of nitrogens with one attached hydrogen (secondary N) is 2. The third-order valence-corrected chi connectivity index (χ3v) is 5.31. The van der Waals surface area contributed by atoms with Crippen LogP contribution >= 0.6 is 0 Å². The molecule has 0 radical (unpaired) electrons. The van der Waals surface area contributed by atoms with Gasteiger partial charge in [0.05, 0.1) is 37.0 Å². The number of anilines is 3. The molecule has 32 heavy (non-hydrogen) atoms. The molecule has 3 aromatic heterocycles. The van der Waals surface area contributed by atoms with Gasteiger partial charge in [0, 0.05) is 12.1 Å². The van der Waals surface area contributed by atoms with E-state index in [1.807, 2.05) is 0 Å². The molecule has 0 aromatic carbocycles. The van der Waals surface area contributed by atoms with Gasteiger partial charge in [0.15, 0.2) is 11.6 Å². The number of nitrogens with two attached hydrogens (primary N) is 2. The fourth-order valence-corrected chi connectivity index (χ4v) is 3.67. The molecule has 6 N–H and O–H groups in total. The van der Waals surface area contributed by atoms with Gasteiger partial charge in [-0.15, -0.1) is 4.80 Å². The first kappa shape index (κ1) is 21.4. The van der Waals surface area contributed by atoms with E-state index in [0.717, 1.165) is 31.7 Å². The van der Waals surface area contributed by atoms with Crippen LogP contribution in [0.15, 0.2) is 30.7 Å². The third kappa shape index (κ3) is 4.44. The fraction of sp³-hybridized carbons (Fsp3) is 0.350. The van der Waals surface area contributed by atoms with Crippen molar-refractivity contribution in [3.63, 3.8) is 0 Å². The molecule has 0 bridgehead atoms. The van der Waals surface area contributed by atoms with E-state index in [1.165, 1.54) is 30.5 Å². The molecule has 1 saturated carbocycles. The Morgan fingerprint density at radius 3 is 2.66 bits per heavy atom. The quantitative estimate of drug-likeness (QED) is 0.428. The van der Waals surface area contributed by atoms with Gasteiger partial charge in [-0.3, -0.25) is 4.79 Å². The Kier molecular flexibility index (Phi) is 6.12. The highest BCUT2D eigenvalue weighted by molar-refractivity contribution is 5.98. The van der Waals surface area contributed by atoms with Crippen molar-refractivity contribution < 1.29 is 13.9 Å². The molecule has 1 aliphatic carbocycles. The van der Waals surface area contributed by atoms with Crippen molar-refractivity contribution in [2.75, 3.05) is 17.7 Å². The highest BCUT2D eigenvalue weighted by Crippen LogP contribution is 2.28. The number of hydrogen-bond acceptors (Lipinski definition) is 9. The van der Waals surface area contributed by atoms with Gasteiger partial charge in [-0.2, -0.15) is 10.2 Å². The molecule has 12 heteroatoms. The number of carbonyl (C=O) groups is 1. The Bertz CT molecular complexity index is 1110. The first-order valence-electron chi connectivity index (χ1n) is 10.2. The second-order valence-electron chi connectivity index (χ2n) is 7.47. The first-order chi connectivity index (χ1) is 15.5. The van der Waals surface area contributed by atoms with E-state index in [1.54, 1.807) is 6.07 Å². The molecule has 1 aliphatic rings. The predicted octanol–water partition coefficient (Wildman–Crippen LogP) is 1.73. The number of halogens is 1. The summed E-state index contributed by atoms with van der Waals surface area (Å²) in [5.74, 6) is -1.14. The molecular weight excluding hydrogens is 417 g/mol. The predicted molar refractivity (Wildman–Crippen MR) is 116 cm³/mol. The summed E-state index contributed by atoms with van der Waals surface area (Å²) < 4.78 is 20.0. The maximum atomic E-state index is 14.7. The topological polar surface area (TPSA) is 159 Å². The molecule has 0 unspecified atom stereocenters. The number of rotatable bonds is 7. The van der Waals surface area contributed by atoms with E-state index in [9.17, 15) is 9.18 Å². The van der Waals surface area contributed by atoms with E-state index in [0.29, 0.717) is 17.3 Å². The SMILES string of the molecule is COc1ncc(Nc2nc(N[C@@H]3CCCC[C@@H]3N)c(F)cc2C(N)=O)cc1-n1nccn1. The Morgan fingerprint density at radius 2 is 1.97 bits per heavy atom. The third-order valence-electron chi connectivity index (χ3n) is 5.31. The van der Waals surface area contributed by atoms with Crippen LogP contribution in [-0.4, -0.2) is 50.1 Å². The van der Waals surface area contributed by atoms with Gasteiger partial charge in [-0.1, -0.05) is 12.8 Å². The summed E-state index contributed by atoms with van der Waals surface area (Å²) >= 11 is 0. The fourth-order valence-electron chi connectivity index (χ4n) is 3.67. The van der Waals surface area contributed by atoms with Gasteiger partial charge in [0.1, 0.15) is 11.5 Å². The number of primary amides is 1. The van der Waals surface area contributed by atoms with Gasteiger partial charge in [-0.05, 0) is 25.0 Å². The lowest BCUT2D eigenvalue weighted by molar-refractivity contribution is 0.100. The molecule has 4 rings (SSSR count). The van der Waals surface area contributed by atoms with Crippen LogP contribution in [0, 0.1) is 5.82 Å². The number of amides is 1. The average Bonchev–Trinajstić information content (AvgIpc) is 3.32. The van der Waals surface area contributed by atoms with Crippen LogP contribution in [0.5, 0.6) is 5.88 Å². The van der Waals surface area contributed by atoms with E-state index in [4.69, 9.17) is 16.2 Å². The number of methoxy groups -OCH3 is 1. The van der Waals surface area contributed by atoms with Crippen molar-refractivity contribution >= 4 is 23.2 Å². The largest absolute Gasteiger partial charge is 0.479 e. The van der Waals surface area contributed by atoms with Crippen LogP contribution < -0.4 is 26.8 Å². The minimum Gasteiger partial charge on any atom is -0.479 e. The molecule has 168 valence electrons. The standard InChI is InChI=1S/C20H24FN9O2/c1-32-20-16(30-25-6-7-26-30)8-11(10-24-20)27-18-12(17(23)31)9-13(21)19(29-18)28-15-5-3-2-4-14(15)22/h6-10,14-15H,2-5,22H2,1H3,(H2,23,31)(H2,27,28,29)/t14-,15+/m0/s1. The van der Waals surface area contributed by atoms with Crippen LogP contribution in [0.1, 0.15) is 36.0 Å². The highest BCUT2D eigenvalue weighted by atomic mass is 19.1. The van der Waals surface area contributed by atoms with Gasteiger partial charge >= 0.3 is 0 Å². The summed E-state index contributed by atoms with van der Waals surface area (Å²) in [5, 5.41) is 14.2. The zero-order valence-electron chi connectivity index (χ0n) is 17.5. The first-order valence-corrected chi connectivity index (χ1v) is 10.2. The average molecular weight is 441 g/mol. The lowest BCUT2D eigenvalue weighted by Crippen LogP contribution is -2.43. The molecule has 0 saturated heterocycles. The van der Waals surface area contributed by atoms with Gasteiger partial charge in [-0.25, -0.2) is 14.4 Å². The molecule has 1 fully saturated rings. The zero-order chi connectivity index (χ0) is 22.7. The van der Waals surface area contributed by atoms with Gasteiger partial charge in [0.2, 0.25) is 5.88 Å². The normalized spacial score (nSPS) is 18.2. The van der Waals surface area contributed by atoms with Crippen molar-refractivity contribution in [1.82, 2.24) is 25.0 Å². The van der Waals surface area contributed by atoms with Crippen LogP contribution in [0.25, 0.3) is 5.69 Å². The molecule has 11 nitrogen and oxygen atoms in total. The van der Waals surface area contributed by atoms with Crippen LogP contribution in [0.2, 0.25) is 0 Å². The monoisotopic (exact) mass is 441 g/mol. The number of carbonyl (C=O) groups excluding carboxylic acids is 1. The Labute approximate surface area is 183 Å². The lowest BCUT2D eigenvalue weighted by atomic mass is 9.91. The van der Waals surface area contributed by atoms with Crippen molar-refractivity contribution in [3.05, 3.63) is 42.1 Å². The summed E-state index contributed by atoms with van der Waals surface area (Å²) in [5.41, 5.74) is 12.4. The molecule has 1 amide bonds. The maximum Gasteiger partial charge on any atom is 0.252 e. The number of aromatic nitrogens is 5. The second-order valence-corrected chi connectivity index (χ2v) is 7.47. The highest BCUT2D eigenvalue weighted by Gasteiger charge is 2.24. The van der Waals surface area contributed by atoms with Gasteiger partial charge < -0.3 is 26.8 Å². The summed E-state index contributed by atoms with van der Waals surface area (Å²) in [4.78, 5) is 21.8. The summed E-state index contributed by atoms with van der Waals surface area (Å²) in [6, 6.07) is 2.50. The second kappa shape index (κ2) is 9.14. The smallest absolute Gasteiger partial charge is 0.252 e. The molecular formula is C20H24FN9O2. The van der Waals surface area contributed by atoms with Crippen molar-refractivity contribution in [3.8, 4) is 11.6 Å². The molecule has 2 atom stereocenters.